The topological polar surface area (TPSA) is 76.7 Å². The zero-order valence-corrected chi connectivity index (χ0v) is 17.1. The molecule has 0 amide bonds. The van der Waals surface area contributed by atoms with Gasteiger partial charge in [0.25, 0.3) is 0 Å². The summed E-state index contributed by atoms with van der Waals surface area (Å²) in [4.78, 5) is 15.5. The molecule has 3 rings (SSSR count). The quantitative estimate of drug-likeness (QED) is 0.593. The smallest absolute Gasteiger partial charge is 0.229 e. The summed E-state index contributed by atoms with van der Waals surface area (Å²) in [7, 11) is 0. The van der Waals surface area contributed by atoms with Gasteiger partial charge in [-0.1, -0.05) is 19.6 Å². The van der Waals surface area contributed by atoms with Gasteiger partial charge in [-0.3, -0.25) is 0 Å². The van der Waals surface area contributed by atoms with Crippen molar-refractivity contribution in [2.45, 2.75) is 33.1 Å². The van der Waals surface area contributed by atoms with Crippen molar-refractivity contribution in [2.75, 3.05) is 18.0 Å². The molecule has 0 aliphatic carbocycles. The number of guanidine groups is 1. The number of anilines is 1. The van der Waals surface area contributed by atoms with Gasteiger partial charge in [0, 0.05) is 30.4 Å². The van der Waals surface area contributed by atoms with Gasteiger partial charge in [0.15, 0.2) is 0 Å². The molecule has 1 fully saturated rings. The first-order valence-electron chi connectivity index (χ1n) is 9.39. The minimum atomic E-state index is 0.434. The molecule has 1 aliphatic rings. The van der Waals surface area contributed by atoms with Crippen LogP contribution in [0.5, 0.6) is 0 Å². The van der Waals surface area contributed by atoms with Gasteiger partial charge >= 0.3 is 0 Å². The summed E-state index contributed by atoms with van der Waals surface area (Å²) in [5.74, 6) is 0.434. The van der Waals surface area contributed by atoms with Crippen LogP contribution in [-0.4, -0.2) is 30.2 Å². The van der Waals surface area contributed by atoms with Crippen molar-refractivity contribution < 1.29 is 0 Å². The van der Waals surface area contributed by atoms with Crippen LogP contribution in [0.25, 0.3) is 5.70 Å². The summed E-state index contributed by atoms with van der Waals surface area (Å²) in [6.07, 6.45) is 4.93. The fraction of sp³-hybridized carbons (Fsp3) is 0.333. The van der Waals surface area contributed by atoms with Crippen LogP contribution in [-0.2, 0) is 0 Å². The van der Waals surface area contributed by atoms with Gasteiger partial charge in [-0.2, -0.15) is 10.3 Å². The maximum absolute atomic E-state index is 9.60. The number of benzene rings is 1. The molecule has 6 nitrogen and oxygen atoms in total. The molecule has 1 saturated heterocycles. The second-order valence-electron chi connectivity index (χ2n) is 6.57. The van der Waals surface area contributed by atoms with Crippen LogP contribution in [0.3, 0.4) is 0 Å². The Balaban J connectivity index is 1.82. The Morgan fingerprint density at radius 2 is 2.21 bits per heavy atom. The van der Waals surface area contributed by atoms with Crippen LogP contribution in [0.1, 0.15) is 43.0 Å². The number of aliphatic imine (C=N–C) groups is 2. The minimum absolute atomic E-state index is 0.434. The van der Waals surface area contributed by atoms with Crippen LogP contribution < -0.4 is 10.2 Å². The lowest BCUT2D eigenvalue weighted by Crippen LogP contribution is -2.21. The van der Waals surface area contributed by atoms with Gasteiger partial charge in [-0.05, 0) is 43.9 Å². The highest BCUT2D eigenvalue weighted by Gasteiger charge is 2.16. The molecule has 28 heavy (non-hydrogen) atoms. The number of aryl methyl sites for hydroxylation is 1. The van der Waals surface area contributed by atoms with Crippen molar-refractivity contribution >= 4 is 40.0 Å². The lowest BCUT2D eigenvalue weighted by Gasteiger charge is -2.20. The van der Waals surface area contributed by atoms with E-state index in [1.54, 1.807) is 6.21 Å². The highest BCUT2D eigenvalue weighted by Crippen LogP contribution is 2.27. The molecule has 0 radical (unpaired) electrons. The van der Waals surface area contributed by atoms with Gasteiger partial charge in [0.1, 0.15) is 6.07 Å². The third-order valence-electron chi connectivity index (χ3n) is 4.38. The second-order valence-corrected chi connectivity index (χ2v) is 7.40. The van der Waals surface area contributed by atoms with E-state index in [9.17, 15) is 5.26 Å². The zero-order valence-electron chi connectivity index (χ0n) is 16.3. The van der Waals surface area contributed by atoms with Crippen molar-refractivity contribution in [2.24, 2.45) is 9.98 Å². The molecule has 0 atom stereocenters. The Bertz CT molecular complexity index is 944. The van der Waals surface area contributed by atoms with Crippen molar-refractivity contribution in [3.05, 3.63) is 47.0 Å². The van der Waals surface area contributed by atoms with E-state index in [2.05, 4.69) is 37.8 Å². The van der Waals surface area contributed by atoms with Crippen LogP contribution in [0.2, 0.25) is 0 Å². The number of nitriles is 1. The molecule has 0 bridgehead atoms. The molecule has 1 N–H and O–H groups in total. The number of hydrogen-bond donors (Lipinski definition) is 1. The molecule has 2 aromatic rings. The van der Waals surface area contributed by atoms with E-state index in [1.165, 1.54) is 24.2 Å². The summed E-state index contributed by atoms with van der Waals surface area (Å²) < 4.78 is 0. The zero-order chi connectivity index (χ0) is 19.9. The number of aromatic nitrogens is 1. The van der Waals surface area contributed by atoms with Crippen LogP contribution in [0, 0.1) is 18.3 Å². The molecule has 1 aromatic heterocycles. The SMILES string of the molecule is C=C(NC(/N=C\CC)=N\c1nc(C)cs1)c1ccc(N2CCCC2)c(C#N)c1. The van der Waals surface area contributed by atoms with Crippen LogP contribution in [0.15, 0.2) is 40.1 Å². The maximum Gasteiger partial charge on any atom is 0.229 e. The number of thiazole rings is 1. The standard InChI is InChI=1S/C21H24N6S/c1-4-9-23-20(26-21-24-15(2)14-28-21)25-16(3)17-7-8-19(18(12-17)13-22)27-10-5-6-11-27/h7-9,12,14H,3-6,10-11H2,1-2H3,(H,24,25,26)/b23-9-. The first kappa shape index (κ1) is 19.8. The van der Waals surface area contributed by atoms with Gasteiger partial charge in [-0.25, -0.2) is 9.98 Å². The summed E-state index contributed by atoms with van der Waals surface area (Å²) in [6, 6.07) is 8.18. The van der Waals surface area contributed by atoms with Gasteiger partial charge < -0.3 is 10.2 Å². The molecule has 7 heteroatoms. The van der Waals surface area contributed by atoms with E-state index in [0.717, 1.165) is 36.5 Å². The molecule has 0 unspecified atom stereocenters. The highest BCUT2D eigenvalue weighted by atomic mass is 32.1. The monoisotopic (exact) mass is 392 g/mol. The summed E-state index contributed by atoms with van der Waals surface area (Å²) in [5.41, 5.74) is 4.07. The Morgan fingerprint density at radius 3 is 2.86 bits per heavy atom. The number of nitrogens with one attached hydrogen (secondary N) is 1. The van der Waals surface area contributed by atoms with E-state index in [-0.39, 0.29) is 0 Å². The lowest BCUT2D eigenvalue weighted by molar-refractivity contribution is 0.949. The minimum Gasteiger partial charge on any atom is -0.370 e. The number of hydrogen-bond acceptors (Lipinski definition) is 5. The first-order valence-corrected chi connectivity index (χ1v) is 10.3. The average molecular weight is 393 g/mol. The summed E-state index contributed by atoms with van der Waals surface area (Å²) in [6.45, 7) is 10.1. The van der Waals surface area contributed by atoms with E-state index < -0.39 is 0 Å². The van der Waals surface area contributed by atoms with Crippen molar-refractivity contribution in [1.82, 2.24) is 10.3 Å². The molecule has 1 aromatic carbocycles. The number of nitrogens with zero attached hydrogens (tertiary/aromatic N) is 5. The van der Waals surface area contributed by atoms with Crippen molar-refractivity contribution in [3.63, 3.8) is 0 Å². The average Bonchev–Trinajstić information content (AvgIpc) is 3.37. The van der Waals surface area contributed by atoms with E-state index in [1.807, 2.05) is 37.4 Å². The van der Waals surface area contributed by atoms with E-state index in [4.69, 9.17) is 0 Å². The molecule has 2 heterocycles. The molecule has 1 aliphatic heterocycles. The van der Waals surface area contributed by atoms with E-state index in [0.29, 0.717) is 22.4 Å². The molecular weight excluding hydrogens is 368 g/mol. The Hall–Kier alpha value is -2.98. The Labute approximate surface area is 170 Å². The fourth-order valence-electron chi connectivity index (χ4n) is 3.00. The van der Waals surface area contributed by atoms with Gasteiger partial charge in [-0.15, -0.1) is 11.3 Å². The molecule has 0 spiro atoms. The summed E-state index contributed by atoms with van der Waals surface area (Å²) in [5, 5.41) is 15.4. The largest absolute Gasteiger partial charge is 0.370 e. The lowest BCUT2D eigenvalue weighted by atomic mass is 10.1. The van der Waals surface area contributed by atoms with Crippen molar-refractivity contribution in [1.29, 1.82) is 5.26 Å². The molecule has 0 saturated carbocycles. The van der Waals surface area contributed by atoms with Crippen LogP contribution in [0.4, 0.5) is 10.8 Å². The molecular formula is C21H24N6S. The predicted molar refractivity (Wildman–Crippen MR) is 118 cm³/mol. The molecule has 144 valence electrons. The predicted octanol–water partition coefficient (Wildman–Crippen LogP) is 4.65. The first-order chi connectivity index (χ1) is 13.6. The second kappa shape index (κ2) is 9.29. The van der Waals surface area contributed by atoms with Crippen molar-refractivity contribution in [3.8, 4) is 6.07 Å². The van der Waals surface area contributed by atoms with Gasteiger partial charge in [0.2, 0.25) is 11.1 Å². The van der Waals surface area contributed by atoms with E-state index >= 15 is 0 Å². The Kier molecular flexibility index (Phi) is 6.56. The fourth-order valence-corrected chi connectivity index (χ4v) is 3.67. The Morgan fingerprint density at radius 1 is 1.43 bits per heavy atom. The third kappa shape index (κ3) is 4.84. The third-order valence-corrected chi connectivity index (χ3v) is 5.23. The maximum atomic E-state index is 9.60. The van der Waals surface area contributed by atoms with Gasteiger partial charge in [0.05, 0.1) is 16.9 Å². The summed E-state index contributed by atoms with van der Waals surface area (Å²) >= 11 is 1.47. The van der Waals surface area contributed by atoms with Crippen LogP contribution >= 0.6 is 11.3 Å². The normalized spacial score (nSPS) is 14.5. The highest BCUT2D eigenvalue weighted by molar-refractivity contribution is 7.13. The number of rotatable bonds is 5.